The zero-order valence-electron chi connectivity index (χ0n) is 18.2. The summed E-state index contributed by atoms with van der Waals surface area (Å²) in [4.78, 5) is 47.3. The lowest BCUT2D eigenvalue weighted by molar-refractivity contribution is -0.132. The van der Waals surface area contributed by atoms with E-state index >= 15 is 0 Å². The smallest absolute Gasteiger partial charge is 0.338 e. The molecular weight excluding hydrogens is 416 g/mol. The number of benzene rings is 2. The molecule has 0 bridgehead atoms. The molecular formula is C23H24N2O7. The molecule has 0 aliphatic carbocycles. The van der Waals surface area contributed by atoms with Crippen molar-refractivity contribution in [3.63, 3.8) is 0 Å². The van der Waals surface area contributed by atoms with Gasteiger partial charge in [0, 0.05) is 19.5 Å². The number of hydrogen-bond donors (Lipinski definition) is 2. The second kappa shape index (κ2) is 11.3. The van der Waals surface area contributed by atoms with Gasteiger partial charge in [-0.05, 0) is 55.0 Å². The molecule has 168 valence electrons. The van der Waals surface area contributed by atoms with Crippen molar-refractivity contribution in [2.75, 3.05) is 19.0 Å². The van der Waals surface area contributed by atoms with Gasteiger partial charge in [0.15, 0.2) is 11.5 Å². The average molecular weight is 440 g/mol. The number of nitrogens with one attached hydrogen (secondary N) is 2. The Morgan fingerprint density at radius 3 is 2.22 bits per heavy atom. The van der Waals surface area contributed by atoms with Gasteiger partial charge in [-0.1, -0.05) is 6.07 Å². The van der Waals surface area contributed by atoms with Crippen molar-refractivity contribution in [1.29, 1.82) is 0 Å². The van der Waals surface area contributed by atoms with Crippen LogP contribution in [0, 0.1) is 0 Å². The summed E-state index contributed by atoms with van der Waals surface area (Å²) in [6.07, 6.45) is 1.45. The Kier molecular flexibility index (Phi) is 8.53. The van der Waals surface area contributed by atoms with E-state index in [9.17, 15) is 19.2 Å². The van der Waals surface area contributed by atoms with Crippen LogP contribution in [-0.2, 0) is 19.1 Å². The first-order valence-electron chi connectivity index (χ1n) is 9.67. The second-order valence-electron chi connectivity index (χ2n) is 6.50. The summed E-state index contributed by atoms with van der Waals surface area (Å²) in [5.74, 6) is -1.47. The lowest BCUT2D eigenvalue weighted by atomic mass is 10.1. The van der Waals surface area contributed by atoms with Crippen molar-refractivity contribution >= 4 is 35.5 Å². The van der Waals surface area contributed by atoms with Crippen LogP contribution in [0.2, 0.25) is 0 Å². The van der Waals surface area contributed by atoms with Gasteiger partial charge >= 0.3 is 11.9 Å². The molecule has 0 atom stereocenters. The van der Waals surface area contributed by atoms with E-state index in [1.165, 1.54) is 45.2 Å². The third kappa shape index (κ3) is 6.98. The highest BCUT2D eigenvalue weighted by Crippen LogP contribution is 2.29. The minimum absolute atomic E-state index is 0.0192. The average Bonchev–Trinajstić information content (AvgIpc) is 2.74. The van der Waals surface area contributed by atoms with Crippen LogP contribution in [0.25, 0.3) is 6.08 Å². The maximum absolute atomic E-state index is 12.8. The Balaban J connectivity index is 2.26. The Hall–Kier alpha value is -4.14. The Labute approximate surface area is 185 Å². The van der Waals surface area contributed by atoms with Gasteiger partial charge in [-0.3, -0.25) is 14.4 Å². The van der Waals surface area contributed by atoms with Gasteiger partial charge in [-0.2, -0.15) is 0 Å². The highest BCUT2D eigenvalue weighted by Gasteiger charge is 2.14. The number of hydrogen-bond acceptors (Lipinski definition) is 7. The number of amides is 2. The molecule has 2 aromatic rings. The third-order valence-corrected chi connectivity index (χ3v) is 3.96. The van der Waals surface area contributed by atoms with Gasteiger partial charge in [-0.25, -0.2) is 4.79 Å². The van der Waals surface area contributed by atoms with Crippen LogP contribution < -0.4 is 20.1 Å². The van der Waals surface area contributed by atoms with E-state index in [4.69, 9.17) is 14.2 Å². The van der Waals surface area contributed by atoms with E-state index in [0.29, 0.717) is 16.8 Å². The minimum atomic E-state index is -0.577. The monoisotopic (exact) mass is 440 g/mol. The van der Waals surface area contributed by atoms with Gasteiger partial charge in [0.1, 0.15) is 5.70 Å². The number of carbonyl (C=O) groups excluding carboxylic acids is 4. The molecule has 2 aromatic carbocycles. The molecule has 0 aromatic heterocycles. The van der Waals surface area contributed by atoms with Gasteiger partial charge < -0.3 is 24.8 Å². The maximum atomic E-state index is 12.8. The molecule has 0 spiro atoms. The van der Waals surface area contributed by atoms with Crippen LogP contribution in [-0.4, -0.2) is 37.5 Å². The van der Waals surface area contributed by atoms with Crippen molar-refractivity contribution < 1.29 is 33.4 Å². The van der Waals surface area contributed by atoms with Crippen molar-refractivity contribution in [3.05, 3.63) is 59.3 Å². The SMILES string of the molecule is CCOC(=O)c1ccc(NC(=O)/C(=C/c2ccc(OC(C)=O)c(OC)c2)NC(C)=O)cc1. The van der Waals surface area contributed by atoms with E-state index in [2.05, 4.69) is 10.6 Å². The van der Waals surface area contributed by atoms with Crippen molar-refractivity contribution in [3.8, 4) is 11.5 Å². The van der Waals surface area contributed by atoms with Crippen LogP contribution in [0.15, 0.2) is 48.2 Å². The summed E-state index contributed by atoms with van der Waals surface area (Å²) >= 11 is 0. The van der Waals surface area contributed by atoms with Gasteiger partial charge in [0.05, 0.1) is 19.3 Å². The highest BCUT2D eigenvalue weighted by molar-refractivity contribution is 6.08. The van der Waals surface area contributed by atoms with Crippen molar-refractivity contribution in [2.45, 2.75) is 20.8 Å². The summed E-state index contributed by atoms with van der Waals surface area (Å²) in [5, 5.41) is 5.15. The molecule has 0 aliphatic heterocycles. The largest absolute Gasteiger partial charge is 0.493 e. The molecule has 2 rings (SSSR count). The minimum Gasteiger partial charge on any atom is -0.493 e. The van der Waals surface area contributed by atoms with Crippen LogP contribution >= 0.6 is 0 Å². The lowest BCUT2D eigenvalue weighted by Gasteiger charge is -2.12. The Morgan fingerprint density at radius 2 is 1.66 bits per heavy atom. The highest BCUT2D eigenvalue weighted by atomic mass is 16.6. The molecule has 9 heteroatoms. The van der Waals surface area contributed by atoms with Gasteiger partial charge in [0.25, 0.3) is 5.91 Å². The molecule has 0 aliphatic rings. The van der Waals surface area contributed by atoms with Gasteiger partial charge in [-0.15, -0.1) is 0 Å². The predicted molar refractivity (Wildman–Crippen MR) is 117 cm³/mol. The van der Waals surface area contributed by atoms with Crippen molar-refractivity contribution in [1.82, 2.24) is 5.32 Å². The fourth-order valence-electron chi connectivity index (χ4n) is 2.63. The van der Waals surface area contributed by atoms with E-state index in [1.807, 2.05) is 0 Å². The Morgan fingerprint density at radius 1 is 0.969 bits per heavy atom. The molecule has 2 amide bonds. The molecule has 2 N–H and O–H groups in total. The molecule has 0 unspecified atom stereocenters. The molecule has 0 saturated heterocycles. The second-order valence-corrected chi connectivity index (χ2v) is 6.50. The number of rotatable bonds is 8. The summed E-state index contributed by atoms with van der Waals surface area (Å²) in [7, 11) is 1.41. The number of methoxy groups -OCH3 is 1. The Bertz CT molecular complexity index is 1040. The first kappa shape index (κ1) is 24.1. The predicted octanol–water partition coefficient (Wildman–Crippen LogP) is 2.91. The summed E-state index contributed by atoms with van der Waals surface area (Å²) in [5.41, 5.74) is 1.27. The quantitative estimate of drug-likeness (QED) is 0.368. The first-order chi connectivity index (χ1) is 15.2. The maximum Gasteiger partial charge on any atom is 0.338 e. The molecule has 32 heavy (non-hydrogen) atoms. The summed E-state index contributed by atoms with van der Waals surface area (Å²) in [6, 6.07) is 10.8. The zero-order chi connectivity index (χ0) is 23.7. The summed E-state index contributed by atoms with van der Waals surface area (Å²) < 4.78 is 15.2. The van der Waals surface area contributed by atoms with E-state index in [0.717, 1.165) is 0 Å². The summed E-state index contributed by atoms with van der Waals surface area (Å²) in [6.45, 7) is 4.52. The van der Waals surface area contributed by atoms with Crippen LogP contribution in [0.1, 0.15) is 36.7 Å². The van der Waals surface area contributed by atoms with E-state index in [-0.39, 0.29) is 23.8 Å². The number of anilines is 1. The van der Waals surface area contributed by atoms with Crippen LogP contribution in [0.3, 0.4) is 0 Å². The van der Waals surface area contributed by atoms with Crippen molar-refractivity contribution in [2.24, 2.45) is 0 Å². The molecule has 0 radical (unpaired) electrons. The van der Waals surface area contributed by atoms with E-state index < -0.39 is 23.8 Å². The number of esters is 2. The third-order valence-electron chi connectivity index (χ3n) is 3.96. The first-order valence-corrected chi connectivity index (χ1v) is 9.67. The zero-order valence-corrected chi connectivity index (χ0v) is 18.2. The van der Waals surface area contributed by atoms with Crippen LogP contribution in [0.4, 0.5) is 5.69 Å². The topological polar surface area (TPSA) is 120 Å². The molecule has 0 heterocycles. The van der Waals surface area contributed by atoms with E-state index in [1.54, 1.807) is 31.2 Å². The van der Waals surface area contributed by atoms with Crippen LogP contribution in [0.5, 0.6) is 11.5 Å². The molecule has 0 fully saturated rings. The van der Waals surface area contributed by atoms with Gasteiger partial charge in [0.2, 0.25) is 5.91 Å². The molecule has 0 saturated carbocycles. The lowest BCUT2D eigenvalue weighted by Crippen LogP contribution is -2.29. The number of ether oxygens (including phenoxy) is 3. The number of carbonyl (C=O) groups is 4. The molecule has 9 nitrogen and oxygen atoms in total. The standard InChI is InChI=1S/C23H24N2O7/c1-5-31-23(29)17-7-9-18(10-8-17)25-22(28)19(24-14(2)26)12-16-6-11-20(32-15(3)27)21(13-16)30-4/h6-13H,5H2,1-4H3,(H,24,26)(H,25,28)/b19-12-. The fourth-order valence-corrected chi connectivity index (χ4v) is 2.63. The normalized spacial score (nSPS) is 10.7. The fraction of sp³-hybridized carbons (Fsp3) is 0.217.